The van der Waals surface area contributed by atoms with E-state index in [0.717, 1.165) is 5.82 Å². The van der Waals surface area contributed by atoms with Crippen molar-refractivity contribution in [2.75, 3.05) is 12.5 Å². The Morgan fingerprint density at radius 3 is 2.27 bits per heavy atom. The summed E-state index contributed by atoms with van der Waals surface area (Å²) in [6.45, 7) is 2.17. The highest BCUT2D eigenvalue weighted by Crippen LogP contribution is 2.15. The van der Waals surface area contributed by atoms with Crippen molar-refractivity contribution in [1.29, 1.82) is 0 Å². The molecule has 0 aliphatic rings. The van der Waals surface area contributed by atoms with Crippen LogP contribution in [0.15, 0.2) is 18.5 Å². The van der Waals surface area contributed by atoms with E-state index >= 15 is 0 Å². The minimum Gasteiger partial charge on any atom is -0.236 e. The maximum Gasteiger partial charge on any atom is 0.181 e. The van der Waals surface area contributed by atoms with Crippen molar-refractivity contribution in [1.82, 2.24) is 9.97 Å². The fraction of sp³-hybridized carbons (Fsp3) is 0.500. The van der Waals surface area contributed by atoms with Crippen molar-refractivity contribution >= 4 is 10.9 Å². The lowest BCUT2D eigenvalue weighted by Crippen LogP contribution is -2.09. The van der Waals surface area contributed by atoms with Gasteiger partial charge in [-0.15, -0.1) is 0 Å². The molecule has 1 heterocycles. The summed E-state index contributed by atoms with van der Waals surface area (Å²) in [6.07, 6.45) is 8.01. The molecule has 0 aromatic carbocycles. The van der Waals surface area contributed by atoms with Crippen LogP contribution in [0.1, 0.15) is 18.0 Å². The summed E-state index contributed by atoms with van der Waals surface area (Å²) in [4.78, 5) is 8.39. The molecule has 0 aliphatic heterocycles. The Bertz CT molecular complexity index is 211. The highest BCUT2D eigenvalue weighted by atomic mass is 32.2. The van der Waals surface area contributed by atoms with Crippen LogP contribution in [0, 0.1) is 0 Å². The second-order valence-corrected chi connectivity index (χ2v) is 5.10. The molecule has 0 saturated heterocycles. The first kappa shape index (κ1) is 8.53. The van der Waals surface area contributed by atoms with Crippen LogP contribution in [0.4, 0.5) is 0 Å². The monoisotopic (exact) mass is 169 g/mol. The van der Waals surface area contributed by atoms with Crippen LogP contribution >= 0.6 is 0 Å². The van der Waals surface area contributed by atoms with Gasteiger partial charge in [0.25, 0.3) is 0 Å². The van der Waals surface area contributed by atoms with E-state index in [9.17, 15) is 0 Å². The zero-order chi connectivity index (χ0) is 8.27. The summed E-state index contributed by atoms with van der Waals surface area (Å²) >= 11 is 0. The van der Waals surface area contributed by atoms with Crippen molar-refractivity contribution in [3.8, 4) is 0 Å². The van der Waals surface area contributed by atoms with Crippen LogP contribution in [0.5, 0.6) is 0 Å². The largest absolute Gasteiger partial charge is 0.236 e. The van der Waals surface area contributed by atoms with Crippen molar-refractivity contribution in [3.63, 3.8) is 0 Å². The molecule has 1 atom stereocenters. The number of aromatic nitrogens is 2. The number of hydrogen-bond acceptors (Lipinski definition) is 2. The standard InChI is InChI=1S/C8H13N2S/c1-7(11(2)3)8-9-5-4-6-10-8/h4-7H,1-3H3/q+1. The summed E-state index contributed by atoms with van der Waals surface area (Å²) in [5, 5.41) is 0.483. The first-order valence-electron chi connectivity index (χ1n) is 3.55. The number of rotatable bonds is 2. The van der Waals surface area contributed by atoms with Crippen molar-refractivity contribution in [2.24, 2.45) is 0 Å². The molecule has 0 amide bonds. The third-order valence-electron chi connectivity index (χ3n) is 1.66. The van der Waals surface area contributed by atoms with Gasteiger partial charge in [0.1, 0.15) is 0 Å². The smallest absolute Gasteiger partial charge is 0.181 e. The molecule has 0 bridgehead atoms. The molecule has 11 heavy (non-hydrogen) atoms. The molecule has 0 aliphatic carbocycles. The minimum absolute atomic E-state index is 0.364. The van der Waals surface area contributed by atoms with E-state index in [-0.39, 0.29) is 0 Å². The Hall–Kier alpha value is -0.570. The predicted molar refractivity (Wildman–Crippen MR) is 49.7 cm³/mol. The van der Waals surface area contributed by atoms with Crippen molar-refractivity contribution < 1.29 is 0 Å². The molecule has 0 radical (unpaired) electrons. The van der Waals surface area contributed by atoms with E-state index in [4.69, 9.17) is 0 Å². The molecular weight excluding hydrogens is 156 g/mol. The minimum atomic E-state index is 0.364. The Morgan fingerprint density at radius 2 is 1.82 bits per heavy atom. The summed E-state index contributed by atoms with van der Waals surface area (Å²) in [5.74, 6) is 0.959. The SMILES string of the molecule is CC(c1ncccn1)[S+](C)C. The molecule has 3 heteroatoms. The van der Waals surface area contributed by atoms with Crippen LogP contribution in [-0.4, -0.2) is 22.5 Å². The van der Waals surface area contributed by atoms with Gasteiger partial charge in [0, 0.05) is 12.4 Å². The Morgan fingerprint density at radius 1 is 1.27 bits per heavy atom. The van der Waals surface area contributed by atoms with Crippen LogP contribution in [0.25, 0.3) is 0 Å². The topological polar surface area (TPSA) is 25.8 Å². The quantitative estimate of drug-likeness (QED) is 0.626. The van der Waals surface area contributed by atoms with Crippen molar-refractivity contribution in [2.45, 2.75) is 12.2 Å². The number of hydrogen-bond donors (Lipinski definition) is 0. The molecule has 0 N–H and O–H groups in total. The molecule has 60 valence electrons. The fourth-order valence-electron chi connectivity index (χ4n) is 0.731. The molecule has 1 aromatic rings. The van der Waals surface area contributed by atoms with Gasteiger partial charge in [-0.25, -0.2) is 9.97 Å². The maximum absolute atomic E-state index is 4.20. The molecule has 1 rings (SSSR count). The third kappa shape index (κ3) is 2.19. The Kier molecular flexibility index (Phi) is 2.88. The lowest BCUT2D eigenvalue weighted by molar-refractivity contribution is 0.914. The van der Waals surface area contributed by atoms with Gasteiger partial charge in [-0.3, -0.25) is 0 Å². The number of nitrogens with zero attached hydrogens (tertiary/aromatic N) is 2. The average Bonchev–Trinajstić information content (AvgIpc) is 2.05. The van der Waals surface area contributed by atoms with Gasteiger partial charge >= 0.3 is 0 Å². The molecule has 0 fully saturated rings. The highest BCUT2D eigenvalue weighted by molar-refractivity contribution is 7.95. The summed E-state index contributed by atoms with van der Waals surface area (Å²) in [5.41, 5.74) is 0. The zero-order valence-corrected chi connectivity index (χ0v) is 7.93. The van der Waals surface area contributed by atoms with Crippen LogP contribution in [0.2, 0.25) is 0 Å². The zero-order valence-electron chi connectivity index (χ0n) is 7.11. The first-order chi connectivity index (χ1) is 5.22. The van der Waals surface area contributed by atoms with Crippen LogP contribution in [-0.2, 0) is 10.9 Å². The second kappa shape index (κ2) is 3.72. The van der Waals surface area contributed by atoms with Gasteiger partial charge in [-0.2, -0.15) is 0 Å². The van der Waals surface area contributed by atoms with Crippen LogP contribution < -0.4 is 0 Å². The molecule has 1 unspecified atom stereocenters. The Labute approximate surface area is 70.4 Å². The lowest BCUT2D eigenvalue weighted by Gasteiger charge is -2.04. The summed E-state index contributed by atoms with van der Waals surface area (Å²) in [7, 11) is 0.364. The Balaban J connectivity index is 2.77. The predicted octanol–water partition coefficient (Wildman–Crippen LogP) is 1.42. The van der Waals surface area contributed by atoms with E-state index in [1.807, 2.05) is 6.07 Å². The van der Waals surface area contributed by atoms with Gasteiger partial charge in [-0.05, 0) is 23.9 Å². The highest BCUT2D eigenvalue weighted by Gasteiger charge is 2.19. The molecular formula is C8H13N2S+. The van der Waals surface area contributed by atoms with E-state index < -0.39 is 0 Å². The molecule has 1 aromatic heterocycles. The van der Waals surface area contributed by atoms with Gasteiger partial charge in [-0.1, -0.05) is 0 Å². The average molecular weight is 169 g/mol. The molecule has 0 spiro atoms. The fourth-order valence-corrected chi connectivity index (χ4v) is 1.27. The first-order valence-corrected chi connectivity index (χ1v) is 5.65. The van der Waals surface area contributed by atoms with Gasteiger partial charge in [0.15, 0.2) is 11.1 Å². The summed E-state index contributed by atoms with van der Waals surface area (Å²) < 4.78 is 0. The van der Waals surface area contributed by atoms with E-state index in [0.29, 0.717) is 16.1 Å². The van der Waals surface area contributed by atoms with E-state index in [2.05, 4.69) is 29.4 Å². The maximum atomic E-state index is 4.20. The molecule has 2 nitrogen and oxygen atoms in total. The van der Waals surface area contributed by atoms with Crippen molar-refractivity contribution in [3.05, 3.63) is 24.3 Å². The molecule has 0 saturated carbocycles. The lowest BCUT2D eigenvalue weighted by atomic mass is 10.4. The van der Waals surface area contributed by atoms with E-state index in [1.165, 1.54) is 0 Å². The second-order valence-electron chi connectivity index (χ2n) is 2.63. The van der Waals surface area contributed by atoms with Gasteiger partial charge in [0.2, 0.25) is 0 Å². The third-order valence-corrected chi connectivity index (χ3v) is 3.28. The van der Waals surface area contributed by atoms with Gasteiger partial charge in [0.05, 0.1) is 12.5 Å². The normalized spacial score (nSPS) is 13.5. The van der Waals surface area contributed by atoms with E-state index in [1.54, 1.807) is 12.4 Å². The van der Waals surface area contributed by atoms with Crippen LogP contribution in [0.3, 0.4) is 0 Å². The van der Waals surface area contributed by atoms with Gasteiger partial charge < -0.3 is 0 Å². The summed E-state index contributed by atoms with van der Waals surface area (Å²) in [6, 6.07) is 1.85.